The highest BCUT2D eigenvalue weighted by atomic mass is 16.5. The molecule has 1 aromatic heterocycles. The Kier molecular flexibility index (Phi) is 5.09. The van der Waals surface area contributed by atoms with Crippen LogP contribution in [0.15, 0.2) is 24.5 Å². The minimum Gasteiger partial charge on any atom is -0.383 e. The first kappa shape index (κ1) is 14.9. The van der Waals surface area contributed by atoms with Gasteiger partial charge < -0.3 is 10.1 Å². The number of likely N-dealkylation sites (tertiary alicyclic amines) is 1. The molecule has 5 nitrogen and oxygen atoms in total. The van der Waals surface area contributed by atoms with Crippen molar-refractivity contribution in [1.29, 1.82) is 0 Å². The van der Waals surface area contributed by atoms with E-state index >= 15 is 0 Å². The van der Waals surface area contributed by atoms with Crippen LogP contribution in [-0.4, -0.2) is 48.6 Å². The van der Waals surface area contributed by atoms with Gasteiger partial charge in [-0.05, 0) is 31.0 Å². The SMILES string of the molecule is CNC(=O)C[C@@]1(COC)CCCN1Cc1cccnc1. The minimum atomic E-state index is -0.190. The molecule has 1 atom stereocenters. The lowest BCUT2D eigenvalue weighted by molar-refractivity contribution is -0.124. The van der Waals surface area contributed by atoms with E-state index in [1.165, 1.54) is 5.56 Å². The molecular weight excluding hydrogens is 254 g/mol. The third kappa shape index (κ3) is 3.35. The molecule has 0 spiro atoms. The largest absolute Gasteiger partial charge is 0.383 e. The molecule has 1 aliphatic heterocycles. The number of ether oxygens (including phenoxy) is 1. The Morgan fingerprint density at radius 1 is 1.60 bits per heavy atom. The van der Waals surface area contributed by atoms with Crippen molar-refractivity contribution in [2.45, 2.75) is 31.3 Å². The Labute approximate surface area is 120 Å². The van der Waals surface area contributed by atoms with Crippen LogP contribution in [0.3, 0.4) is 0 Å². The Hall–Kier alpha value is -1.46. The minimum absolute atomic E-state index is 0.0696. The molecule has 0 unspecified atom stereocenters. The second kappa shape index (κ2) is 6.81. The summed E-state index contributed by atoms with van der Waals surface area (Å²) in [6.07, 6.45) is 6.24. The second-order valence-corrected chi connectivity index (χ2v) is 5.39. The predicted octanol–water partition coefficient (Wildman–Crippen LogP) is 1.20. The van der Waals surface area contributed by atoms with E-state index in [9.17, 15) is 4.79 Å². The summed E-state index contributed by atoms with van der Waals surface area (Å²) in [6, 6.07) is 4.02. The van der Waals surface area contributed by atoms with Crippen LogP contribution >= 0.6 is 0 Å². The number of aromatic nitrogens is 1. The van der Waals surface area contributed by atoms with E-state index in [0.29, 0.717) is 13.0 Å². The van der Waals surface area contributed by atoms with E-state index in [1.807, 2.05) is 12.3 Å². The molecule has 2 heterocycles. The number of methoxy groups -OCH3 is 1. The lowest BCUT2D eigenvalue weighted by atomic mass is 9.92. The molecular formula is C15H23N3O2. The summed E-state index contributed by atoms with van der Waals surface area (Å²) in [6.45, 7) is 2.39. The number of amides is 1. The molecule has 0 saturated carbocycles. The van der Waals surface area contributed by atoms with Gasteiger partial charge >= 0.3 is 0 Å². The Morgan fingerprint density at radius 3 is 3.10 bits per heavy atom. The molecule has 1 saturated heterocycles. The zero-order chi connectivity index (χ0) is 14.4. The summed E-state index contributed by atoms with van der Waals surface area (Å²) in [4.78, 5) is 18.4. The molecule has 5 heteroatoms. The average molecular weight is 277 g/mol. The summed E-state index contributed by atoms with van der Waals surface area (Å²) in [5, 5.41) is 2.73. The molecule has 1 amide bonds. The topological polar surface area (TPSA) is 54.5 Å². The first-order valence-corrected chi connectivity index (χ1v) is 7.04. The number of rotatable bonds is 6. The zero-order valence-electron chi connectivity index (χ0n) is 12.3. The zero-order valence-corrected chi connectivity index (χ0v) is 12.3. The van der Waals surface area contributed by atoms with Crippen LogP contribution in [0.1, 0.15) is 24.8 Å². The predicted molar refractivity (Wildman–Crippen MR) is 77.2 cm³/mol. The molecule has 0 radical (unpaired) electrons. The molecule has 1 fully saturated rings. The fourth-order valence-corrected chi connectivity index (χ4v) is 3.02. The lowest BCUT2D eigenvalue weighted by Crippen LogP contribution is -2.49. The van der Waals surface area contributed by atoms with Crippen molar-refractivity contribution in [3.8, 4) is 0 Å². The molecule has 20 heavy (non-hydrogen) atoms. The van der Waals surface area contributed by atoms with E-state index in [2.05, 4.69) is 21.3 Å². The van der Waals surface area contributed by atoms with Crippen LogP contribution in [-0.2, 0) is 16.1 Å². The van der Waals surface area contributed by atoms with Gasteiger partial charge in [-0.1, -0.05) is 6.07 Å². The number of nitrogens with zero attached hydrogens (tertiary/aromatic N) is 2. The van der Waals surface area contributed by atoms with E-state index < -0.39 is 0 Å². The van der Waals surface area contributed by atoms with Gasteiger partial charge in [-0.2, -0.15) is 0 Å². The van der Waals surface area contributed by atoms with Gasteiger partial charge in [0.1, 0.15) is 0 Å². The average Bonchev–Trinajstić information content (AvgIpc) is 2.83. The standard InChI is InChI=1S/C15H23N3O2/c1-16-14(19)9-15(12-20-2)6-4-8-18(15)11-13-5-3-7-17-10-13/h3,5,7,10H,4,6,8-9,11-12H2,1-2H3,(H,16,19)/t15-/m1/s1. The third-order valence-corrected chi connectivity index (χ3v) is 4.02. The Morgan fingerprint density at radius 2 is 2.45 bits per heavy atom. The fourth-order valence-electron chi connectivity index (χ4n) is 3.02. The molecule has 0 bridgehead atoms. The second-order valence-electron chi connectivity index (χ2n) is 5.39. The van der Waals surface area contributed by atoms with E-state index in [1.54, 1.807) is 20.4 Å². The molecule has 0 aliphatic carbocycles. The first-order chi connectivity index (χ1) is 9.70. The van der Waals surface area contributed by atoms with Gasteiger partial charge in [0.05, 0.1) is 12.1 Å². The summed E-state index contributed by atoms with van der Waals surface area (Å²) in [5.74, 6) is 0.0696. The summed E-state index contributed by atoms with van der Waals surface area (Å²) < 4.78 is 5.41. The van der Waals surface area contributed by atoms with E-state index in [4.69, 9.17) is 4.74 Å². The smallest absolute Gasteiger partial charge is 0.221 e. The van der Waals surface area contributed by atoms with Crippen LogP contribution in [0, 0.1) is 0 Å². The highest BCUT2D eigenvalue weighted by Gasteiger charge is 2.42. The molecule has 0 aromatic carbocycles. The van der Waals surface area contributed by atoms with Gasteiger partial charge in [0.25, 0.3) is 0 Å². The molecule has 1 aliphatic rings. The third-order valence-electron chi connectivity index (χ3n) is 4.02. The van der Waals surface area contributed by atoms with Crippen molar-refractivity contribution < 1.29 is 9.53 Å². The first-order valence-electron chi connectivity index (χ1n) is 7.04. The van der Waals surface area contributed by atoms with Gasteiger partial charge in [-0.25, -0.2) is 0 Å². The fraction of sp³-hybridized carbons (Fsp3) is 0.600. The van der Waals surface area contributed by atoms with E-state index in [-0.39, 0.29) is 11.4 Å². The normalized spacial score (nSPS) is 22.9. The summed E-state index contributed by atoms with van der Waals surface area (Å²) in [5.41, 5.74) is 0.983. The number of pyridine rings is 1. The maximum Gasteiger partial charge on any atom is 0.221 e. The number of carbonyl (C=O) groups excluding carboxylic acids is 1. The van der Waals surface area contributed by atoms with Gasteiger partial charge in [0.2, 0.25) is 5.91 Å². The van der Waals surface area contributed by atoms with E-state index in [0.717, 1.165) is 25.9 Å². The maximum atomic E-state index is 11.8. The molecule has 110 valence electrons. The molecule has 1 N–H and O–H groups in total. The van der Waals surface area contributed by atoms with Crippen LogP contribution in [0.25, 0.3) is 0 Å². The van der Waals surface area contributed by atoms with Crippen molar-refractivity contribution in [2.24, 2.45) is 0 Å². The van der Waals surface area contributed by atoms with Crippen LogP contribution in [0.5, 0.6) is 0 Å². The highest BCUT2D eigenvalue weighted by molar-refractivity contribution is 5.77. The van der Waals surface area contributed by atoms with Crippen LogP contribution < -0.4 is 5.32 Å². The summed E-state index contributed by atoms with van der Waals surface area (Å²) >= 11 is 0. The Balaban J connectivity index is 2.14. The van der Waals surface area contributed by atoms with Gasteiger partial charge in [0.15, 0.2) is 0 Å². The number of hydrogen-bond donors (Lipinski definition) is 1. The monoisotopic (exact) mass is 277 g/mol. The van der Waals surface area contributed by atoms with Crippen molar-refractivity contribution in [1.82, 2.24) is 15.2 Å². The molecule has 2 rings (SSSR count). The van der Waals surface area contributed by atoms with Crippen molar-refractivity contribution >= 4 is 5.91 Å². The number of hydrogen-bond acceptors (Lipinski definition) is 4. The highest BCUT2D eigenvalue weighted by Crippen LogP contribution is 2.34. The summed E-state index contributed by atoms with van der Waals surface area (Å²) in [7, 11) is 3.38. The van der Waals surface area contributed by atoms with Gasteiger partial charge in [-0.3, -0.25) is 14.7 Å². The van der Waals surface area contributed by atoms with Crippen molar-refractivity contribution in [3.63, 3.8) is 0 Å². The van der Waals surface area contributed by atoms with Crippen molar-refractivity contribution in [2.75, 3.05) is 27.3 Å². The van der Waals surface area contributed by atoms with Crippen LogP contribution in [0.4, 0.5) is 0 Å². The Bertz CT molecular complexity index is 438. The lowest BCUT2D eigenvalue weighted by Gasteiger charge is -2.37. The van der Waals surface area contributed by atoms with Crippen molar-refractivity contribution in [3.05, 3.63) is 30.1 Å². The maximum absolute atomic E-state index is 11.8. The van der Waals surface area contributed by atoms with Gasteiger partial charge in [-0.15, -0.1) is 0 Å². The van der Waals surface area contributed by atoms with Crippen LogP contribution in [0.2, 0.25) is 0 Å². The molecule has 1 aromatic rings. The number of carbonyl (C=O) groups is 1. The number of nitrogens with one attached hydrogen (secondary N) is 1. The van der Waals surface area contributed by atoms with Gasteiger partial charge in [0, 0.05) is 39.5 Å². The quantitative estimate of drug-likeness (QED) is 0.849.